The summed E-state index contributed by atoms with van der Waals surface area (Å²) in [5.74, 6) is 0. The molecule has 1 atom stereocenters. The maximum Gasteiger partial charge on any atom is 0.105 e. The summed E-state index contributed by atoms with van der Waals surface area (Å²) in [4.78, 5) is 0.913. The number of aliphatic hydroxyl groups excluding tert-OH is 1. The number of nitrogens with one attached hydrogen (secondary N) is 1. The minimum Gasteiger partial charge on any atom is -0.386 e. The van der Waals surface area contributed by atoms with Gasteiger partial charge in [0.15, 0.2) is 0 Å². The summed E-state index contributed by atoms with van der Waals surface area (Å²) in [6.07, 6.45) is -0.560. The lowest BCUT2D eigenvalue weighted by atomic mass is 10.2. The molecule has 0 radical (unpaired) electrons. The molecular weight excluding hydrogens is 312 g/mol. The monoisotopic (exact) mass is 322 g/mol. The van der Waals surface area contributed by atoms with Crippen LogP contribution < -0.4 is 5.32 Å². The second kappa shape index (κ2) is 6.01. The Morgan fingerprint density at radius 2 is 2.28 bits per heavy atom. The third-order valence-corrected chi connectivity index (χ3v) is 3.93. The number of anilines is 1. The highest BCUT2D eigenvalue weighted by atomic mass is 79.9. The highest BCUT2D eigenvalue weighted by Gasteiger charge is 2.09. The minimum atomic E-state index is -0.560. The summed E-state index contributed by atoms with van der Waals surface area (Å²) in [6.45, 7) is 0.381. The Hall–Kier alpha value is -1.35. The van der Waals surface area contributed by atoms with Crippen LogP contribution in [-0.4, -0.2) is 11.7 Å². The lowest BCUT2D eigenvalue weighted by Crippen LogP contribution is -2.11. The maximum atomic E-state index is 9.96. The average Bonchev–Trinajstić information content (AvgIpc) is 2.90. The zero-order chi connectivity index (χ0) is 13.0. The molecule has 2 N–H and O–H groups in total. The van der Waals surface area contributed by atoms with Crippen molar-refractivity contribution < 1.29 is 5.11 Å². The molecule has 92 valence electrons. The van der Waals surface area contributed by atoms with Crippen molar-refractivity contribution in [3.63, 3.8) is 0 Å². The molecule has 18 heavy (non-hydrogen) atoms. The summed E-state index contributed by atoms with van der Waals surface area (Å²) in [5, 5.41) is 24.0. The zero-order valence-corrected chi connectivity index (χ0v) is 11.8. The number of aliphatic hydroxyl groups is 1. The smallest absolute Gasteiger partial charge is 0.105 e. The molecule has 2 rings (SSSR count). The van der Waals surface area contributed by atoms with E-state index in [0.717, 1.165) is 15.0 Å². The fourth-order valence-corrected chi connectivity index (χ4v) is 2.62. The van der Waals surface area contributed by atoms with Crippen LogP contribution in [0.1, 0.15) is 16.5 Å². The molecule has 0 aliphatic rings. The highest BCUT2D eigenvalue weighted by molar-refractivity contribution is 9.10. The van der Waals surface area contributed by atoms with Gasteiger partial charge in [-0.3, -0.25) is 0 Å². The van der Waals surface area contributed by atoms with Crippen LogP contribution in [0.15, 0.2) is 40.2 Å². The molecule has 0 aliphatic carbocycles. The molecular formula is C13H11BrN2OS. The summed E-state index contributed by atoms with van der Waals surface area (Å²) in [7, 11) is 0. The fraction of sp³-hybridized carbons (Fsp3) is 0.154. The van der Waals surface area contributed by atoms with Gasteiger partial charge in [0.25, 0.3) is 0 Å². The van der Waals surface area contributed by atoms with Crippen molar-refractivity contribution in [2.75, 3.05) is 11.9 Å². The number of thiophene rings is 1. The van der Waals surface area contributed by atoms with Crippen LogP contribution in [0.3, 0.4) is 0 Å². The molecule has 1 aromatic heterocycles. The van der Waals surface area contributed by atoms with Crippen molar-refractivity contribution in [3.05, 3.63) is 50.6 Å². The van der Waals surface area contributed by atoms with E-state index >= 15 is 0 Å². The number of hydrogen-bond donors (Lipinski definition) is 2. The van der Waals surface area contributed by atoms with E-state index in [1.54, 1.807) is 6.07 Å². The Kier molecular flexibility index (Phi) is 4.37. The molecule has 0 fully saturated rings. The first-order valence-electron chi connectivity index (χ1n) is 5.35. The number of nitriles is 1. The summed E-state index contributed by atoms with van der Waals surface area (Å²) >= 11 is 4.88. The van der Waals surface area contributed by atoms with E-state index in [0.29, 0.717) is 12.1 Å². The SMILES string of the molecule is N#Cc1ccc(Br)cc1NCC(O)c1cccs1. The normalized spacial score (nSPS) is 11.8. The molecule has 1 aromatic carbocycles. The Bertz CT molecular complexity index is 563. The van der Waals surface area contributed by atoms with Gasteiger partial charge in [0, 0.05) is 15.9 Å². The maximum absolute atomic E-state index is 9.96. The first kappa shape index (κ1) is 13.1. The van der Waals surface area contributed by atoms with Gasteiger partial charge in [0.1, 0.15) is 12.2 Å². The molecule has 0 spiro atoms. The molecule has 0 saturated carbocycles. The third kappa shape index (κ3) is 3.10. The van der Waals surface area contributed by atoms with E-state index in [1.807, 2.05) is 29.6 Å². The number of halogens is 1. The van der Waals surface area contributed by atoms with Gasteiger partial charge < -0.3 is 10.4 Å². The van der Waals surface area contributed by atoms with E-state index in [-0.39, 0.29) is 0 Å². The first-order chi connectivity index (χ1) is 8.70. The van der Waals surface area contributed by atoms with Gasteiger partial charge in [0.2, 0.25) is 0 Å². The van der Waals surface area contributed by atoms with Gasteiger partial charge in [-0.1, -0.05) is 22.0 Å². The van der Waals surface area contributed by atoms with Crippen molar-refractivity contribution in [2.24, 2.45) is 0 Å². The van der Waals surface area contributed by atoms with Crippen LogP contribution in [-0.2, 0) is 0 Å². The molecule has 0 saturated heterocycles. The summed E-state index contributed by atoms with van der Waals surface area (Å²) in [5.41, 5.74) is 1.29. The Labute approximate surface area is 118 Å². The summed E-state index contributed by atoms with van der Waals surface area (Å²) < 4.78 is 0.898. The van der Waals surface area contributed by atoms with Crippen LogP contribution in [0.4, 0.5) is 5.69 Å². The Morgan fingerprint density at radius 3 is 2.94 bits per heavy atom. The average molecular weight is 323 g/mol. The second-order valence-electron chi connectivity index (χ2n) is 3.71. The molecule has 0 amide bonds. The fourth-order valence-electron chi connectivity index (χ4n) is 1.55. The van der Waals surface area contributed by atoms with E-state index in [1.165, 1.54) is 11.3 Å². The van der Waals surface area contributed by atoms with Crippen LogP contribution in [0.5, 0.6) is 0 Å². The molecule has 3 nitrogen and oxygen atoms in total. The molecule has 0 bridgehead atoms. The zero-order valence-electron chi connectivity index (χ0n) is 9.43. The van der Waals surface area contributed by atoms with E-state index in [4.69, 9.17) is 5.26 Å². The quantitative estimate of drug-likeness (QED) is 0.905. The van der Waals surface area contributed by atoms with Gasteiger partial charge in [-0.2, -0.15) is 5.26 Å². The second-order valence-corrected chi connectivity index (χ2v) is 5.61. The van der Waals surface area contributed by atoms with E-state index < -0.39 is 6.10 Å². The Morgan fingerprint density at radius 1 is 1.44 bits per heavy atom. The van der Waals surface area contributed by atoms with Crippen LogP contribution in [0.25, 0.3) is 0 Å². The first-order valence-corrected chi connectivity index (χ1v) is 7.03. The van der Waals surface area contributed by atoms with E-state index in [2.05, 4.69) is 27.3 Å². The van der Waals surface area contributed by atoms with Crippen molar-refractivity contribution in [3.8, 4) is 6.07 Å². The third-order valence-electron chi connectivity index (χ3n) is 2.46. The Balaban J connectivity index is 2.06. The lowest BCUT2D eigenvalue weighted by Gasteiger charge is -2.12. The predicted molar refractivity (Wildman–Crippen MR) is 76.6 cm³/mol. The van der Waals surface area contributed by atoms with Gasteiger partial charge >= 0.3 is 0 Å². The molecule has 0 aliphatic heterocycles. The number of hydrogen-bond acceptors (Lipinski definition) is 4. The van der Waals surface area contributed by atoms with Crippen LogP contribution in [0, 0.1) is 11.3 Å². The number of benzene rings is 1. The van der Waals surface area contributed by atoms with Crippen molar-refractivity contribution in [1.82, 2.24) is 0 Å². The van der Waals surface area contributed by atoms with E-state index in [9.17, 15) is 5.11 Å². The van der Waals surface area contributed by atoms with Crippen molar-refractivity contribution in [2.45, 2.75) is 6.10 Å². The summed E-state index contributed by atoms with van der Waals surface area (Å²) in [6, 6.07) is 11.3. The van der Waals surface area contributed by atoms with Crippen molar-refractivity contribution >= 4 is 33.0 Å². The number of rotatable bonds is 4. The van der Waals surface area contributed by atoms with Gasteiger partial charge in [-0.05, 0) is 29.6 Å². The molecule has 1 unspecified atom stereocenters. The van der Waals surface area contributed by atoms with Crippen LogP contribution >= 0.6 is 27.3 Å². The largest absolute Gasteiger partial charge is 0.386 e. The highest BCUT2D eigenvalue weighted by Crippen LogP contribution is 2.23. The number of nitrogens with zero attached hydrogens (tertiary/aromatic N) is 1. The molecule has 2 aromatic rings. The molecule has 5 heteroatoms. The molecule has 1 heterocycles. The minimum absolute atomic E-state index is 0.381. The lowest BCUT2D eigenvalue weighted by molar-refractivity contribution is 0.195. The van der Waals surface area contributed by atoms with Gasteiger partial charge in [-0.15, -0.1) is 11.3 Å². The standard InChI is InChI=1S/C13H11BrN2OS/c14-10-4-3-9(7-15)11(6-10)16-8-12(17)13-2-1-5-18-13/h1-6,12,16-17H,8H2. The van der Waals surface area contributed by atoms with Gasteiger partial charge in [-0.25, -0.2) is 0 Å². The topological polar surface area (TPSA) is 56.0 Å². The van der Waals surface area contributed by atoms with Gasteiger partial charge in [0.05, 0.1) is 11.3 Å². The predicted octanol–water partition coefficient (Wildman–Crippen LogP) is 3.53. The van der Waals surface area contributed by atoms with Crippen molar-refractivity contribution in [1.29, 1.82) is 5.26 Å². The van der Waals surface area contributed by atoms with Crippen LogP contribution in [0.2, 0.25) is 0 Å².